The summed E-state index contributed by atoms with van der Waals surface area (Å²) in [6.45, 7) is 4.80. The van der Waals surface area contributed by atoms with Gasteiger partial charge < -0.3 is 15.3 Å². The summed E-state index contributed by atoms with van der Waals surface area (Å²) in [5, 5.41) is 28.2. The van der Waals surface area contributed by atoms with Crippen LogP contribution in [0.25, 0.3) is 0 Å². The van der Waals surface area contributed by atoms with Gasteiger partial charge in [0.15, 0.2) is 0 Å². The Morgan fingerprint density at radius 2 is 1.72 bits per heavy atom. The largest absolute Gasteiger partial charge is 0.478 e. The first-order valence-corrected chi connectivity index (χ1v) is 5.55. The van der Waals surface area contributed by atoms with E-state index in [2.05, 4.69) is 0 Å². The summed E-state index contributed by atoms with van der Waals surface area (Å²) < 4.78 is 0. The van der Waals surface area contributed by atoms with Gasteiger partial charge in [0.25, 0.3) is 0 Å². The molecule has 0 aliphatic rings. The number of hydrogen-bond acceptors (Lipinski definition) is 3. The number of aliphatic hydroxyl groups is 1. The number of hydrogen-bond donors (Lipinski definition) is 3. The Morgan fingerprint density at radius 3 is 2.06 bits per heavy atom. The molecule has 3 N–H and O–H groups in total. The molecule has 0 spiro atoms. The van der Waals surface area contributed by atoms with Crippen molar-refractivity contribution >= 4 is 11.9 Å². The number of carboxylic acids is 2. The summed E-state index contributed by atoms with van der Waals surface area (Å²) in [5.41, 5.74) is -0.925. The first-order valence-electron chi connectivity index (χ1n) is 5.55. The van der Waals surface area contributed by atoms with Crippen molar-refractivity contribution in [2.45, 2.75) is 32.8 Å². The van der Waals surface area contributed by atoms with Gasteiger partial charge in [0.2, 0.25) is 0 Å². The minimum atomic E-state index is -1.30. The summed E-state index contributed by atoms with van der Waals surface area (Å²) in [4.78, 5) is 22.3. The topological polar surface area (TPSA) is 94.8 Å². The van der Waals surface area contributed by atoms with Gasteiger partial charge in [-0.2, -0.15) is 0 Å². The molecule has 1 rings (SSSR count). The lowest BCUT2D eigenvalue weighted by atomic mass is 9.86. The normalized spacial score (nSPS) is 11.3. The third kappa shape index (κ3) is 2.51. The van der Waals surface area contributed by atoms with E-state index in [1.54, 1.807) is 6.92 Å². The van der Waals surface area contributed by atoms with Gasteiger partial charge in [-0.05, 0) is 37.5 Å². The predicted molar refractivity (Wildman–Crippen MR) is 65.0 cm³/mol. The van der Waals surface area contributed by atoms with E-state index >= 15 is 0 Å². The number of aromatic carboxylic acids is 2. The zero-order valence-electron chi connectivity index (χ0n) is 10.5. The SMILES string of the molecule is CCc1c(C(C)(C)O)ccc(C(=O)O)c1C(=O)O. The maximum atomic E-state index is 11.2. The van der Waals surface area contributed by atoms with E-state index < -0.39 is 17.5 Å². The molecule has 0 bridgehead atoms. The van der Waals surface area contributed by atoms with Crippen LogP contribution in [-0.2, 0) is 12.0 Å². The zero-order chi connectivity index (χ0) is 14.1. The highest BCUT2D eigenvalue weighted by Gasteiger charge is 2.27. The fourth-order valence-corrected chi connectivity index (χ4v) is 2.01. The molecule has 0 radical (unpaired) electrons. The third-order valence-corrected chi connectivity index (χ3v) is 2.77. The summed E-state index contributed by atoms with van der Waals surface area (Å²) in [6.07, 6.45) is 0.335. The first kappa shape index (κ1) is 14.2. The second-order valence-electron chi connectivity index (χ2n) is 4.54. The van der Waals surface area contributed by atoms with E-state index in [0.29, 0.717) is 17.5 Å². The van der Waals surface area contributed by atoms with E-state index in [1.165, 1.54) is 26.0 Å². The molecule has 0 fully saturated rings. The molecule has 0 unspecified atom stereocenters. The highest BCUT2D eigenvalue weighted by Crippen LogP contribution is 2.29. The summed E-state index contributed by atoms with van der Waals surface area (Å²) in [7, 11) is 0. The van der Waals surface area contributed by atoms with Crippen molar-refractivity contribution in [2.75, 3.05) is 0 Å². The van der Waals surface area contributed by atoms with Crippen LogP contribution in [0.15, 0.2) is 12.1 Å². The van der Waals surface area contributed by atoms with Crippen molar-refractivity contribution in [2.24, 2.45) is 0 Å². The number of carbonyl (C=O) groups is 2. The molecule has 0 aliphatic carbocycles. The second-order valence-corrected chi connectivity index (χ2v) is 4.54. The van der Waals surface area contributed by atoms with Crippen molar-refractivity contribution in [3.05, 3.63) is 34.4 Å². The van der Waals surface area contributed by atoms with Gasteiger partial charge in [-0.15, -0.1) is 0 Å². The fourth-order valence-electron chi connectivity index (χ4n) is 2.01. The smallest absolute Gasteiger partial charge is 0.336 e. The van der Waals surface area contributed by atoms with Gasteiger partial charge in [-0.3, -0.25) is 0 Å². The molecule has 98 valence electrons. The summed E-state index contributed by atoms with van der Waals surface area (Å²) in [6, 6.07) is 2.69. The van der Waals surface area contributed by atoms with Crippen molar-refractivity contribution in [3.63, 3.8) is 0 Å². The molecular formula is C13H16O5. The van der Waals surface area contributed by atoms with E-state index in [1.807, 2.05) is 0 Å². The molecule has 1 aromatic carbocycles. The lowest BCUT2D eigenvalue weighted by Crippen LogP contribution is -2.22. The van der Waals surface area contributed by atoms with Crippen molar-refractivity contribution in [1.29, 1.82) is 0 Å². The molecule has 1 aromatic rings. The van der Waals surface area contributed by atoms with Crippen molar-refractivity contribution < 1.29 is 24.9 Å². The van der Waals surface area contributed by atoms with Gasteiger partial charge in [0.05, 0.1) is 16.7 Å². The van der Waals surface area contributed by atoms with Crippen LogP contribution in [0.5, 0.6) is 0 Å². The van der Waals surface area contributed by atoms with Gasteiger partial charge in [-0.25, -0.2) is 9.59 Å². The lowest BCUT2D eigenvalue weighted by Gasteiger charge is -2.23. The minimum Gasteiger partial charge on any atom is -0.478 e. The van der Waals surface area contributed by atoms with E-state index in [4.69, 9.17) is 5.11 Å². The van der Waals surface area contributed by atoms with Crippen LogP contribution < -0.4 is 0 Å². The van der Waals surface area contributed by atoms with E-state index in [0.717, 1.165) is 0 Å². The lowest BCUT2D eigenvalue weighted by molar-refractivity contribution is 0.0643. The van der Waals surface area contributed by atoms with Crippen LogP contribution in [0.2, 0.25) is 0 Å². The third-order valence-electron chi connectivity index (χ3n) is 2.77. The van der Waals surface area contributed by atoms with Gasteiger partial charge in [0.1, 0.15) is 0 Å². The summed E-state index contributed by atoms with van der Waals surface area (Å²) >= 11 is 0. The number of carboxylic acid groups (broad SMARTS) is 2. The fraction of sp³-hybridized carbons (Fsp3) is 0.385. The average Bonchev–Trinajstić information content (AvgIpc) is 2.25. The first-order chi connectivity index (χ1) is 8.20. The Morgan fingerprint density at radius 1 is 1.17 bits per heavy atom. The molecule has 0 heterocycles. The zero-order valence-corrected chi connectivity index (χ0v) is 10.5. The number of rotatable bonds is 4. The van der Waals surface area contributed by atoms with Crippen molar-refractivity contribution in [1.82, 2.24) is 0 Å². The molecule has 0 amide bonds. The molecule has 0 saturated carbocycles. The molecule has 5 nitrogen and oxygen atoms in total. The van der Waals surface area contributed by atoms with Crippen LogP contribution in [0, 0.1) is 0 Å². The van der Waals surface area contributed by atoms with Gasteiger partial charge in [0, 0.05) is 0 Å². The Labute approximate surface area is 105 Å². The Bertz CT molecular complexity index is 497. The Kier molecular flexibility index (Phi) is 3.76. The maximum Gasteiger partial charge on any atom is 0.336 e. The molecule has 18 heavy (non-hydrogen) atoms. The molecule has 5 heteroatoms. The molecule has 0 aliphatic heterocycles. The van der Waals surface area contributed by atoms with Crippen LogP contribution in [0.4, 0.5) is 0 Å². The van der Waals surface area contributed by atoms with E-state index in [9.17, 15) is 19.8 Å². The quantitative estimate of drug-likeness (QED) is 0.760. The van der Waals surface area contributed by atoms with Crippen molar-refractivity contribution in [3.8, 4) is 0 Å². The van der Waals surface area contributed by atoms with Gasteiger partial charge in [-0.1, -0.05) is 13.0 Å². The Balaban J connectivity index is 3.69. The second kappa shape index (κ2) is 4.78. The minimum absolute atomic E-state index is 0.246. The van der Waals surface area contributed by atoms with E-state index in [-0.39, 0.29) is 11.1 Å². The predicted octanol–water partition coefficient (Wildman–Crippen LogP) is 1.87. The highest BCUT2D eigenvalue weighted by atomic mass is 16.4. The van der Waals surface area contributed by atoms with Crippen LogP contribution in [-0.4, -0.2) is 27.3 Å². The average molecular weight is 252 g/mol. The van der Waals surface area contributed by atoms with Crippen LogP contribution in [0.1, 0.15) is 52.6 Å². The van der Waals surface area contributed by atoms with Crippen LogP contribution >= 0.6 is 0 Å². The highest BCUT2D eigenvalue weighted by molar-refractivity contribution is 6.03. The maximum absolute atomic E-state index is 11.2. The standard InChI is InChI=1S/C13H16O5/c1-4-7-9(13(2,3)18)6-5-8(11(14)15)10(7)12(16)17/h5-6,18H,4H2,1-3H3,(H,14,15)(H,16,17). The molecular weight excluding hydrogens is 236 g/mol. The van der Waals surface area contributed by atoms with Gasteiger partial charge >= 0.3 is 11.9 Å². The monoisotopic (exact) mass is 252 g/mol. The summed E-state index contributed by atoms with van der Waals surface area (Å²) in [5.74, 6) is -2.58. The Hall–Kier alpha value is -1.88. The molecule has 0 saturated heterocycles. The van der Waals surface area contributed by atoms with Crippen LogP contribution in [0.3, 0.4) is 0 Å². The number of benzene rings is 1. The molecule has 0 aromatic heterocycles. The molecule has 0 atom stereocenters.